The van der Waals surface area contributed by atoms with Crippen molar-refractivity contribution in [3.8, 4) is 0 Å². The van der Waals surface area contributed by atoms with Gasteiger partial charge in [0.05, 0.1) is 0 Å². The third-order valence-corrected chi connectivity index (χ3v) is 7.00. The first kappa shape index (κ1) is 19.9. The SMILES string of the molecule is C=CCn1c2c(c3cc(C(=O)N4CCC(C)CC4)ccc31)CN(c1ccccc1)CC2. The zero-order chi connectivity index (χ0) is 21.4. The van der Waals surface area contributed by atoms with E-state index in [1.165, 1.54) is 27.8 Å². The van der Waals surface area contributed by atoms with E-state index in [-0.39, 0.29) is 5.91 Å². The Morgan fingerprint density at radius 1 is 1.10 bits per heavy atom. The molecule has 0 N–H and O–H groups in total. The molecule has 0 spiro atoms. The fraction of sp³-hybridized carbons (Fsp3) is 0.370. The first-order chi connectivity index (χ1) is 15.2. The van der Waals surface area contributed by atoms with Crippen molar-refractivity contribution < 1.29 is 4.79 Å². The van der Waals surface area contributed by atoms with Gasteiger partial charge < -0.3 is 14.4 Å². The largest absolute Gasteiger partial charge is 0.367 e. The molecular formula is C27H31N3O. The lowest BCUT2D eigenvalue weighted by Crippen LogP contribution is -2.37. The molecule has 31 heavy (non-hydrogen) atoms. The maximum atomic E-state index is 13.2. The van der Waals surface area contributed by atoms with Crippen molar-refractivity contribution in [1.82, 2.24) is 9.47 Å². The topological polar surface area (TPSA) is 28.5 Å². The molecule has 5 rings (SSSR count). The average molecular weight is 414 g/mol. The number of rotatable bonds is 4. The maximum absolute atomic E-state index is 13.2. The summed E-state index contributed by atoms with van der Waals surface area (Å²) in [6.45, 7) is 10.7. The number of benzene rings is 2. The molecule has 0 aliphatic carbocycles. The number of hydrogen-bond donors (Lipinski definition) is 0. The summed E-state index contributed by atoms with van der Waals surface area (Å²) in [5.41, 5.74) is 6.03. The van der Waals surface area contributed by atoms with E-state index >= 15 is 0 Å². The van der Waals surface area contributed by atoms with Crippen LogP contribution in [0.5, 0.6) is 0 Å². The monoisotopic (exact) mass is 413 g/mol. The summed E-state index contributed by atoms with van der Waals surface area (Å²) in [5, 5.41) is 1.22. The van der Waals surface area contributed by atoms with Gasteiger partial charge in [-0.2, -0.15) is 0 Å². The van der Waals surface area contributed by atoms with E-state index in [0.717, 1.165) is 63.5 Å². The quantitative estimate of drug-likeness (QED) is 0.546. The van der Waals surface area contributed by atoms with Crippen LogP contribution in [0.3, 0.4) is 0 Å². The van der Waals surface area contributed by atoms with Crippen LogP contribution in [0.1, 0.15) is 41.4 Å². The van der Waals surface area contributed by atoms with Gasteiger partial charge in [0.25, 0.3) is 5.91 Å². The summed E-state index contributed by atoms with van der Waals surface area (Å²) >= 11 is 0. The number of likely N-dealkylation sites (tertiary alicyclic amines) is 1. The molecule has 0 saturated carbocycles. The molecule has 1 aromatic heterocycles. The normalized spacial score (nSPS) is 17.1. The van der Waals surface area contributed by atoms with Crippen LogP contribution < -0.4 is 4.90 Å². The molecule has 3 aromatic rings. The number of nitrogens with zero attached hydrogens (tertiary/aromatic N) is 3. The standard InChI is InChI=1S/C27H31N3O/c1-3-14-30-25-10-9-21(27(31)28-15-11-20(2)12-16-28)18-23(25)24-19-29(17-13-26(24)30)22-7-5-4-6-8-22/h3-10,18,20H,1,11-17,19H2,2H3. The highest BCUT2D eigenvalue weighted by Crippen LogP contribution is 2.34. The highest BCUT2D eigenvalue weighted by Gasteiger charge is 2.26. The van der Waals surface area contributed by atoms with Crippen molar-refractivity contribution in [1.29, 1.82) is 0 Å². The van der Waals surface area contributed by atoms with Crippen LogP contribution in [-0.2, 0) is 19.5 Å². The van der Waals surface area contributed by atoms with Gasteiger partial charge in [0, 0.05) is 72.6 Å². The molecule has 1 saturated heterocycles. The molecule has 1 amide bonds. The van der Waals surface area contributed by atoms with Gasteiger partial charge in [0.15, 0.2) is 0 Å². The molecule has 3 heterocycles. The Hall–Kier alpha value is -3.01. The van der Waals surface area contributed by atoms with Gasteiger partial charge in [0.1, 0.15) is 0 Å². The lowest BCUT2D eigenvalue weighted by atomic mass is 9.98. The summed E-state index contributed by atoms with van der Waals surface area (Å²) in [6.07, 6.45) is 5.17. The molecule has 4 nitrogen and oxygen atoms in total. The minimum Gasteiger partial charge on any atom is -0.367 e. The zero-order valence-corrected chi connectivity index (χ0v) is 18.4. The van der Waals surface area contributed by atoms with Gasteiger partial charge >= 0.3 is 0 Å². The highest BCUT2D eigenvalue weighted by atomic mass is 16.2. The molecule has 2 aliphatic rings. The van der Waals surface area contributed by atoms with Crippen LogP contribution in [0.4, 0.5) is 5.69 Å². The molecule has 0 atom stereocenters. The van der Waals surface area contributed by atoms with Crippen molar-refractivity contribution in [3.05, 3.63) is 78.0 Å². The first-order valence-corrected chi connectivity index (χ1v) is 11.5. The second-order valence-corrected chi connectivity index (χ2v) is 9.04. The third-order valence-electron chi connectivity index (χ3n) is 7.00. The predicted molar refractivity (Wildman–Crippen MR) is 128 cm³/mol. The van der Waals surface area contributed by atoms with E-state index < -0.39 is 0 Å². The number of piperidine rings is 1. The average Bonchev–Trinajstić information content (AvgIpc) is 3.12. The maximum Gasteiger partial charge on any atom is 0.253 e. The fourth-order valence-electron chi connectivity index (χ4n) is 5.17. The van der Waals surface area contributed by atoms with Gasteiger partial charge in [-0.1, -0.05) is 31.2 Å². The smallest absolute Gasteiger partial charge is 0.253 e. The number of carbonyl (C=O) groups excluding carboxylic acids is 1. The second-order valence-electron chi connectivity index (χ2n) is 9.04. The van der Waals surface area contributed by atoms with Crippen molar-refractivity contribution in [2.45, 2.75) is 39.3 Å². The van der Waals surface area contributed by atoms with E-state index in [2.05, 4.69) is 65.4 Å². The first-order valence-electron chi connectivity index (χ1n) is 11.5. The number of anilines is 1. The predicted octanol–water partition coefficient (Wildman–Crippen LogP) is 5.26. The summed E-state index contributed by atoms with van der Waals surface area (Å²) in [6, 6.07) is 16.9. The number of amides is 1. The molecule has 0 radical (unpaired) electrons. The lowest BCUT2D eigenvalue weighted by molar-refractivity contribution is 0.0697. The van der Waals surface area contributed by atoms with Gasteiger partial charge in [-0.25, -0.2) is 0 Å². The highest BCUT2D eigenvalue weighted by molar-refractivity contribution is 5.99. The summed E-state index contributed by atoms with van der Waals surface area (Å²) in [7, 11) is 0. The van der Waals surface area contributed by atoms with Crippen LogP contribution in [0.15, 0.2) is 61.2 Å². The van der Waals surface area contributed by atoms with E-state index in [1.807, 2.05) is 17.0 Å². The number of aromatic nitrogens is 1. The number of hydrogen-bond acceptors (Lipinski definition) is 2. The van der Waals surface area contributed by atoms with Crippen molar-refractivity contribution in [3.63, 3.8) is 0 Å². The van der Waals surface area contributed by atoms with Gasteiger partial charge in [0.2, 0.25) is 0 Å². The summed E-state index contributed by atoms with van der Waals surface area (Å²) < 4.78 is 2.39. The minimum atomic E-state index is 0.176. The minimum absolute atomic E-state index is 0.176. The molecule has 160 valence electrons. The van der Waals surface area contributed by atoms with E-state index in [4.69, 9.17) is 0 Å². The summed E-state index contributed by atoms with van der Waals surface area (Å²) in [4.78, 5) is 17.7. The van der Waals surface area contributed by atoms with Crippen LogP contribution in [0.25, 0.3) is 10.9 Å². The Labute approximate surface area is 184 Å². The van der Waals surface area contributed by atoms with Crippen molar-refractivity contribution >= 4 is 22.5 Å². The second kappa shape index (κ2) is 8.26. The molecule has 0 bridgehead atoms. The Bertz CT molecular complexity index is 1110. The van der Waals surface area contributed by atoms with Gasteiger partial charge in [-0.15, -0.1) is 6.58 Å². The van der Waals surface area contributed by atoms with Crippen LogP contribution in [0.2, 0.25) is 0 Å². The Balaban J connectivity index is 1.53. The van der Waals surface area contributed by atoms with Crippen LogP contribution in [0, 0.1) is 5.92 Å². The van der Waals surface area contributed by atoms with Crippen molar-refractivity contribution in [2.75, 3.05) is 24.5 Å². The molecular weight excluding hydrogens is 382 g/mol. The number of carbonyl (C=O) groups is 1. The molecule has 1 fully saturated rings. The molecule has 4 heteroatoms. The number of fused-ring (bicyclic) bond motifs is 3. The molecule has 2 aliphatic heterocycles. The van der Waals surface area contributed by atoms with E-state index in [9.17, 15) is 4.79 Å². The Morgan fingerprint density at radius 2 is 1.87 bits per heavy atom. The zero-order valence-electron chi connectivity index (χ0n) is 18.4. The number of para-hydroxylation sites is 1. The van der Waals surface area contributed by atoms with Gasteiger partial charge in [-0.05, 0) is 49.1 Å². The van der Waals surface area contributed by atoms with E-state index in [0.29, 0.717) is 0 Å². The molecule has 2 aromatic carbocycles. The summed E-state index contributed by atoms with van der Waals surface area (Å²) in [5.74, 6) is 0.894. The van der Waals surface area contributed by atoms with Crippen molar-refractivity contribution in [2.24, 2.45) is 5.92 Å². The van der Waals surface area contributed by atoms with Crippen LogP contribution >= 0.6 is 0 Å². The number of allylic oxidation sites excluding steroid dienone is 1. The third kappa shape index (κ3) is 3.65. The Kier molecular flexibility index (Phi) is 5.31. The lowest BCUT2D eigenvalue weighted by Gasteiger charge is -2.30. The Morgan fingerprint density at radius 3 is 2.61 bits per heavy atom. The van der Waals surface area contributed by atoms with E-state index in [1.54, 1.807) is 0 Å². The van der Waals surface area contributed by atoms with Crippen LogP contribution in [-0.4, -0.2) is 35.0 Å². The molecule has 0 unspecified atom stereocenters. The van der Waals surface area contributed by atoms with Gasteiger partial charge in [-0.3, -0.25) is 4.79 Å². The fourth-order valence-corrected chi connectivity index (χ4v) is 5.17.